The van der Waals surface area contributed by atoms with Crippen LogP contribution in [0.1, 0.15) is 16.1 Å². The molecule has 0 aliphatic carbocycles. The van der Waals surface area contributed by atoms with Crippen LogP contribution in [-0.2, 0) is 0 Å². The van der Waals surface area contributed by atoms with E-state index < -0.39 is 5.97 Å². The van der Waals surface area contributed by atoms with Gasteiger partial charge in [0.25, 0.3) is 0 Å². The number of fused-ring (bicyclic) bond motifs is 1. The van der Waals surface area contributed by atoms with Gasteiger partial charge >= 0.3 is 5.97 Å². The number of aromatic nitrogens is 6. The number of carbonyl (C=O) groups is 1. The van der Waals surface area contributed by atoms with Gasteiger partial charge in [0.2, 0.25) is 0 Å². The zero-order valence-electron chi connectivity index (χ0n) is 9.62. The van der Waals surface area contributed by atoms with Crippen LogP contribution >= 0.6 is 11.6 Å². The maximum atomic E-state index is 11.1. The summed E-state index contributed by atoms with van der Waals surface area (Å²) in [7, 11) is 0. The number of aromatic amines is 1. The summed E-state index contributed by atoms with van der Waals surface area (Å²) < 4.78 is 1.25. The molecule has 8 nitrogen and oxygen atoms in total. The minimum atomic E-state index is -1.14. The Labute approximate surface area is 111 Å². The van der Waals surface area contributed by atoms with Gasteiger partial charge in [-0.25, -0.2) is 24.4 Å². The van der Waals surface area contributed by atoms with Crippen molar-refractivity contribution in [3.05, 3.63) is 29.1 Å². The molecule has 0 aliphatic heterocycles. The van der Waals surface area contributed by atoms with Crippen LogP contribution in [0, 0.1) is 6.92 Å². The van der Waals surface area contributed by atoms with Crippen LogP contribution in [0.5, 0.6) is 0 Å². The lowest BCUT2D eigenvalue weighted by molar-refractivity contribution is 0.0696. The summed E-state index contributed by atoms with van der Waals surface area (Å²) in [6, 6.07) is 0. The van der Waals surface area contributed by atoms with Gasteiger partial charge in [0, 0.05) is 0 Å². The molecule has 0 unspecified atom stereocenters. The maximum Gasteiger partial charge on any atom is 0.340 e. The number of hydrogen-bond acceptors (Lipinski definition) is 5. The first kappa shape index (κ1) is 11.6. The fourth-order valence-corrected chi connectivity index (χ4v) is 2.13. The van der Waals surface area contributed by atoms with Crippen LogP contribution in [0.2, 0.25) is 5.15 Å². The third-order valence-corrected chi connectivity index (χ3v) is 2.97. The number of rotatable bonds is 2. The number of aromatic carboxylic acids is 1. The molecule has 0 spiro atoms. The molecule has 19 heavy (non-hydrogen) atoms. The van der Waals surface area contributed by atoms with E-state index in [0.29, 0.717) is 22.7 Å². The standard InChI is InChI=1S/C10H7ClN6O2/c1-4-5(10(18)19)7(11)17(16-4)9-6-8(13-2-12-6)14-3-15-9/h2-3H,1H3,(H,18,19)(H,12,13,14,15). The van der Waals surface area contributed by atoms with Gasteiger partial charge in [-0.3, -0.25) is 0 Å². The highest BCUT2D eigenvalue weighted by Crippen LogP contribution is 2.24. The molecule has 0 amide bonds. The Hall–Kier alpha value is -2.48. The van der Waals surface area contributed by atoms with E-state index >= 15 is 0 Å². The third kappa shape index (κ3) is 1.65. The van der Waals surface area contributed by atoms with Gasteiger partial charge in [-0.05, 0) is 6.92 Å². The number of H-pyrrole nitrogens is 1. The summed E-state index contributed by atoms with van der Waals surface area (Å²) in [4.78, 5) is 26.0. The second-order valence-electron chi connectivity index (χ2n) is 3.77. The minimum absolute atomic E-state index is 0.0143. The predicted molar refractivity (Wildman–Crippen MR) is 65.5 cm³/mol. The van der Waals surface area contributed by atoms with E-state index in [0.717, 1.165) is 0 Å². The van der Waals surface area contributed by atoms with Crippen molar-refractivity contribution < 1.29 is 9.90 Å². The Kier molecular flexibility index (Phi) is 2.46. The molecule has 9 heteroatoms. The molecule has 3 heterocycles. The molecule has 96 valence electrons. The summed E-state index contributed by atoms with van der Waals surface area (Å²) >= 11 is 6.05. The van der Waals surface area contributed by atoms with Crippen molar-refractivity contribution in [1.29, 1.82) is 0 Å². The molecular formula is C10H7ClN6O2. The van der Waals surface area contributed by atoms with E-state index in [1.165, 1.54) is 17.3 Å². The second kappa shape index (κ2) is 4.02. The van der Waals surface area contributed by atoms with Gasteiger partial charge in [-0.1, -0.05) is 11.6 Å². The molecule has 0 atom stereocenters. The van der Waals surface area contributed by atoms with Gasteiger partial charge in [0.1, 0.15) is 22.6 Å². The Balaban J connectivity index is 2.31. The van der Waals surface area contributed by atoms with E-state index in [9.17, 15) is 4.79 Å². The molecular weight excluding hydrogens is 272 g/mol. The molecule has 3 aromatic heterocycles. The van der Waals surface area contributed by atoms with E-state index in [4.69, 9.17) is 16.7 Å². The number of aryl methyl sites for hydroxylation is 1. The van der Waals surface area contributed by atoms with Crippen molar-refractivity contribution in [2.75, 3.05) is 0 Å². The normalized spacial score (nSPS) is 11.1. The van der Waals surface area contributed by atoms with Gasteiger partial charge in [0.15, 0.2) is 11.5 Å². The molecule has 0 saturated carbocycles. The molecule has 3 aromatic rings. The number of nitrogens with one attached hydrogen (secondary N) is 1. The van der Waals surface area contributed by atoms with Crippen molar-refractivity contribution in [2.24, 2.45) is 0 Å². The van der Waals surface area contributed by atoms with E-state index in [1.807, 2.05) is 0 Å². The Bertz CT molecular complexity index is 793. The van der Waals surface area contributed by atoms with Crippen molar-refractivity contribution in [1.82, 2.24) is 29.7 Å². The number of imidazole rings is 1. The van der Waals surface area contributed by atoms with Crippen LogP contribution in [-0.4, -0.2) is 40.8 Å². The first-order valence-electron chi connectivity index (χ1n) is 5.22. The van der Waals surface area contributed by atoms with Crippen molar-refractivity contribution in [3.8, 4) is 5.82 Å². The number of hydrogen-bond donors (Lipinski definition) is 2. The molecule has 0 fully saturated rings. The summed E-state index contributed by atoms with van der Waals surface area (Å²) in [5.74, 6) is -0.785. The van der Waals surface area contributed by atoms with Gasteiger partial charge in [-0.2, -0.15) is 5.10 Å². The fourth-order valence-electron chi connectivity index (χ4n) is 1.80. The molecule has 0 aliphatic rings. The van der Waals surface area contributed by atoms with Gasteiger partial charge in [-0.15, -0.1) is 0 Å². The van der Waals surface area contributed by atoms with Gasteiger partial charge < -0.3 is 10.1 Å². The van der Waals surface area contributed by atoms with Crippen LogP contribution in [0.4, 0.5) is 0 Å². The molecule has 0 saturated heterocycles. The lowest BCUT2D eigenvalue weighted by atomic mass is 10.3. The number of carboxylic acids is 1. The second-order valence-corrected chi connectivity index (χ2v) is 4.12. The summed E-state index contributed by atoms with van der Waals surface area (Å²) in [6.45, 7) is 1.57. The zero-order chi connectivity index (χ0) is 13.6. The van der Waals surface area contributed by atoms with Crippen LogP contribution in [0.3, 0.4) is 0 Å². The predicted octanol–water partition coefficient (Wildman–Crippen LogP) is 1.20. The number of halogens is 1. The fraction of sp³-hybridized carbons (Fsp3) is 0.100. The third-order valence-electron chi connectivity index (χ3n) is 2.62. The van der Waals surface area contributed by atoms with E-state index in [-0.39, 0.29) is 10.7 Å². The minimum Gasteiger partial charge on any atom is -0.478 e. The van der Waals surface area contributed by atoms with E-state index in [1.54, 1.807) is 6.92 Å². The summed E-state index contributed by atoms with van der Waals surface area (Å²) in [5.41, 5.74) is 1.24. The quantitative estimate of drug-likeness (QED) is 0.729. The molecule has 3 rings (SSSR count). The highest BCUT2D eigenvalue weighted by atomic mass is 35.5. The van der Waals surface area contributed by atoms with Crippen LogP contribution in [0.15, 0.2) is 12.7 Å². The molecule has 2 N–H and O–H groups in total. The Morgan fingerprint density at radius 2 is 2.21 bits per heavy atom. The smallest absolute Gasteiger partial charge is 0.340 e. The van der Waals surface area contributed by atoms with E-state index in [2.05, 4.69) is 25.0 Å². The molecule has 0 aromatic carbocycles. The summed E-state index contributed by atoms with van der Waals surface area (Å²) in [5, 5.41) is 13.2. The topological polar surface area (TPSA) is 110 Å². The monoisotopic (exact) mass is 278 g/mol. The molecule has 0 radical (unpaired) electrons. The Morgan fingerprint density at radius 1 is 1.42 bits per heavy atom. The number of nitrogens with zero attached hydrogens (tertiary/aromatic N) is 5. The SMILES string of the molecule is Cc1nn(-c2ncnc3nc[nH]c23)c(Cl)c1C(=O)O. The van der Waals surface area contributed by atoms with Crippen molar-refractivity contribution >= 4 is 28.7 Å². The van der Waals surface area contributed by atoms with Crippen molar-refractivity contribution in [3.63, 3.8) is 0 Å². The average Bonchev–Trinajstić information content (AvgIpc) is 2.93. The highest BCUT2D eigenvalue weighted by Gasteiger charge is 2.22. The maximum absolute atomic E-state index is 11.1. The lowest BCUT2D eigenvalue weighted by Gasteiger charge is -2.02. The van der Waals surface area contributed by atoms with Crippen LogP contribution in [0.25, 0.3) is 17.0 Å². The summed E-state index contributed by atoms with van der Waals surface area (Å²) in [6.07, 6.45) is 2.78. The lowest BCUT2D eigenvalue weighted by Crippen LogP contribution is -2.03. The largest absolute Gasteiger partial charge is 0.478 e. The highest BCUT2D eigenvalue weighted by molar-refractivity contribution is 6.33. The number of carboxylic acid groups (broad SMARTS) is 1. The van der Waals surface area contributed by atoms with Crippen LogP contribution < -0.4 is 0 Å². The first-order chi connectivity index (χ1) is 9.09. The average molecular weight is 279 g/mol. The Morgan fingerprint density at radius 3 is 2.89 bits per heavy atom. The van der Waals surface area contributed by atoms with Gasteiger partial charge in [0.05, 0.1) is 12.0 Å². The van der Waals surface area contributed by atoms with Crippen molar-refractivity contribution in [2.45, 2.75) is 6.92 Å². The first-order valence-corrected chi connectivity index (χ1v) is 5.60. The zero-order valence-corrected chi connectivity index (χ0v) is 10.4. The molecule has 0 bridgehead atoms.